The van der Waals surface area contributed by atoms with Gasteiger partial charge in [-0.3, -0.25) is 4.79 Å². The van der Waals surface area contributed by atoms with Gasteiger partial charge in [-0.2, -0.15) is 0 Å². The van der Waals surface area contributed by atoms with Crippen LogP contribution in [0.2, 0.25) is 10.0 Å². The van der Waals surface area contributed by atoms with Crippen LogP contribution in [0.4, 0.5) is 0 Å². The quantitative estimate of drug-likeness (QED) is 0.694. The van der Waals surface area contributed by atoms with E-state index in [9.17, 15) is 13.2 Å². The van der Waals surface area contributed by atoms with Crippen LogP contribution in [0.1, 0.15) is 19.8 Å². The molecule has 0 unspecified atom stereocenters. The Morgan fingerprint density at radius 3 is 2.83 bits per heavy atom. The number of sulfone groups is 1. The average Bonchev–Trinajstić information content (AvgIpc) is 2.56. The number of esters is 1. The van der Waals surface area contributed by atoms with Crippen LogP contribution in [0, 0.1) is 5.92 Å². The number of carbonyl (C=O) groups excluding carboxylic acids is 1. The molecule has 2 rings (SSSR count). The number of piperidine rings is 1. The van der Waals surface area contributed by atoms with Gasteiger partial charge in [-0.05, 0) is 44.5 Å². The van der Waals surface area contributed by atoms with E-state index < -0.39 is 9.84 Å². The van der Waals surface area contributed by atoms with E-state index in [1.54, 1.807) is 13.0 Å². The van der Waals surface area contributed by atoms with E-state index in [4.69, 9.17) is 27.9 Å². The monoisotopic (exact) mass is 393 g/mol. The number of likely N-dealkylation sites (tertiary alicyclic amines) is 1. The van der Waals surface area contributed by atoms with Crippen molar-refractivity contribution in [1.29, 1.82) is 0 Å². The molecule has 0 amide bonds. The number of hydrogen-bond donors (Lipinski definition) is 0. The molecule has 1 saturated heterocycles. The standard InChI is InChI=1S/C16H21Cl2NO4S/c1-2-23-16(20)12-4-3-7-19(11-12)8-9-24(21,22)15-10-13(17)5-6-14(15)18/h5-6,10,12H,2-4,7-9,11H2,1H3/t12-/m1/s1. The van der Waals surface area contributed by atoms with Crippen LogP contribution in [-0.4, -0.2) is 51.3 Å². The second-order valence-corrected chi connectivity index (χ2v) is 8.71. The highest BCUT2D eigenvalue weighted by molar-refractivity contribution is 7.91. The first-order valence-corrected chi connectivity index (χ1v) is 10.3. The Bertz CT molecular complexity index is 693. The molecule has 0 radical (unpaired) electrons. The van der Waals surface area contributed by atoms with E-state index in [0.717, 1.165) is 19.4 Å². The molecule has 8 heteroatoms. The van der Waals surface area contributed by atoms with Crippen LogP contribution < -0.4 is 0 Å². The van der Waals surface area contributed by atoms with Crippen LogP contribution >= 0.6 is 23.2 Å². The highest BCUT2D eigenvalue weighted by Gasteiger charge is 2.28. The van der Waals surface area contributed by atoms with Crippen molar-refractivity contribution in [2.75, 3.05) is 32.0 Å². The number of halogens is 2. The summed E-state index contributed by atoms with van der Waals surface area (Å²) in [5, 5.41) is 0.501. The highest BCUT2D eigenvalue weighted by Crippen LogP contribution is 2.26. The lowest BCUT2D eigenvalue weighted by Crippen LogP contribution is -2.41. The minimum absolute atomic E-state index is 0.0515. The predicted octanol–water partition coefficient (Wildman–Crippen LogP) is 3.04. The van der Waals surface area contributed by atoms with E-state index in [2.05, 4.69) is 0 Å². The Kier molecular flexibility index (Phi) is 6.92. The maximum absolute atomic E-state index is 12.5. The number of carbonyl (C=O) groups is 1. The van der Waals surface area contributed by atoms with Gasteiger partial charge in [-0.15, -0.1) is 0 Å². The maximum Gasteiger partial charge on any atom is 0.310 e. The fourth-order valence-corrected chi connectivity index (χ4v) is 4.88. The minimum Gasteiger partial charge on any atom is -0.466 e. The van der Waals surface area contributed by atoms with Gasteiger partial charge in [0.1, 0.15) is 0 Å². The predicted molar refractivity (Wildman–Crippen MR) is 94.3 cm³/mol. The second kappa shape index (κ2) is 8.52. The third-order valence-electron chi connectivity index (χ3n) is 4.03. The number of rotatable bonds is 6. The summed E-state index contributed by atoms with van der Waals surface area (Å²) in [6, 6.07) is 4.41. The second-order valence-electron chi connectivity index (χ2n) is 5.79. The summed E-state index contributed by atoms with van der Waals surface area (Å²) < 4.78 is 30.1. The van der Waals surface area contributed by atoms with Crippen molar-refractivity contribution in [2.24, 2.45) is 5.92 Å². The third-order valence-corrected chi connectivity index (χ3v) is 6.43. The van der Waals surface area contributed by atoms with E-state index in [-0.39, 0.29) is 27.6 Å². The van der Waals surface area contributed by atoms with Gasteiger partial charge in [-0.25, -0.2) is 8.42 Å². The Labute approximate surface area is 152 Å². The lowest BCUT2D eigenvalue weighted by molar-refractivity contribution is -0.149. The molecule has 1 atom stereocenters. The highest BCUT2D eigenvalue weighted by atomic mass is 35.5. The normalized spacial score (nSPS) is 19.2. The van der Waals surface area contributed by atoms with Crippen LogP contribution in [0.3, 0.4) is 0 Å². The Morgan fingerprint density at radius 2 is 2.12 bits per heavy atom. The van der Waals surface area contributed by atoms with Gasteiger partial charge in [-0.1, -0.05) is 23.2 Å². The molecule has 1 aliphatic heterocycles. The molecule has 5 nitrogen and oxygen atoms in total. The van der Waals surface area contributed by atoms with E-state index in [1.165, 1.54) is 12.1 Å². The molecule has 0 aromatic heterocycles. The molecule has 0 saturated carbocycles. The SMILES string of the molecule is CCOC(=O)[C@@H]1CCCN(CCS(=O)(=O)c2cc(Cl)ccc2Cl)C1. The summed E-state index contributed by atoms with van der Waals surface area (Å²) in [5.74, 6) is -0.457. The minimum atomic E-state index is -3.54. The molecule has 1 aromatic rings. The van der Waals surface area contributed by atoms with Gasteiger partial charge >= 0.3 is 5.97 Å². The van der Waals surface area contributed by atoms with Gasteiger partial charge < -0.3 is 9.64 Å². The lowest BCUT2D eigenvalue weighted by Gasteiger charge is -2.31. The first-order valence-electron chi connectivity index (χ1n) is 7.90. The van der Waals surface area contributed by atoms with E-state index in [1.807, 2.05) is 4.90 Å². The van der Waals surface area contributed by atoms with Crippen molar-refractivity contribution in [2.45, 2.75) is 24.7 Å². The summed E-state index contributed by atoms with van der Waals surface area (Å²) in [4.78, 5) is 13.9. The molecule has 0 aliphatic carbocycles. The van der Waals surface area contributed by atoms with Crippen LogP contribution in [0.5, 0.6) is 0 Å². The zero-order valence-electron chi connectivity index (χ0n) is 13.5. The molecule has 0 spiro atoms. The first-order chi connectivity index (χ1) is 11.3. The fourth-order valence-electron chi connectivity index (χ4n) is 2.79. The fraction of sp³-hybridized carbons (Fsp3) is 0.562. The van der Waals surface area contributed by atoms with Gasteiger partial charge in [0.05, 0.1) is 28.2 Å². The lowest BCUT2D eigenvalue weighted by atomic mass is 9.98. The largest absolute Gasteiger partial charge is 0.466 e. The van der Waals surface area contributed by atoms with Crippen molar-refractivity contribution in [3.8, 4) is 0 Å². The molecule has 1 aliphatic rings. The Morgan fingerprint density at radius 1 is 1.38 bits per heavy atom. The number of benzene rings is 1. The summed E-state index contributed by atoms with van der Waals surface area (Å²) in [6.07, 6.45) is 1.63. The van der Waals surface area contributed by atoms with E-state index in [0.29, 0.717) is 24.7 Å². The van der Waals surface area contributed by atoms with Crippen LogP contribution in [-0.2, 0) is 19.4 Å². The maximum atomic E-state index is 12.5. The molecule has 1 heterocycles. The smallest absolute Gasteiger partial charge is 0.310 e. The van der Waals surface area contributed by atoms with Crippen molar-refractivity contribution in [3.05, 3.63) is 28.2 Å². The Hall–Kier alpha value is -0.820. The van der Waals surface area contributed by atoms with Crippen molar-refractivity contribution in [1.82, 2.24) is 4.90 Å². The topological polar surface area (TPSA) is 63.7 Å². The molecule has 1 fully saturated rings. The molecular weight excluding hydrogens is 373 g/mol. The van der Waals surface area contributed by atoms with Gasteiger partial charge in [0, 0.05) is 18.1 Å². The van der Waals surface area contributed by atoms with Crippen molar-refractivity contribution in [3.63, 3.8) is 0 Å². The van der Waals surface area contributed by atoms with Crippen molar-refractivity contribution < 1.29 is 17.9 Å². The zero-order chi connectivity index (χ0) is 17.7. The molecule has 1 aromatic carbocycles. The summed E-state index contributed by atoms with van der Waals surface area (Å²) in [6.45, 7) is 3.78. The molecule has 0 bridgehead atoms. The summed E-state index contributed by atoms with van der Waals surface area (Å²) in [5.41, 5.74) is 0. The van der Waals surface area contributed by atoms with Crippen LogP contribution in [0.15, 0.2) is 23.1 Å². The Balaban J connectivity index is 1.99. The molecule has 0 N–H and O–H groups in total. The summed E-state index contributed by atoms with van der Waals surface area (Å²) in [7, 11) is -3.54. The number of hydrogen-bond acceptors (Lipinski definition) is 5. The van der Waals surface area contributed by atoms with Crippen molar-refractivity contribution >= 4 is 39.0 Å². The third kappa shape index (κ3) is 5.09. The van der Waals surface area contributed by atoms with Crippen LogP contribution in [0.25, 0.3) is 0 Å². The average molecular weight is 394 g/mol. The van der Waals surface area contributed by atoms with E-state index >= 15 is 0 Å². The zero-order valence-corrected chi connectivity index (χ0v) is 15.8. The van der Waals surface area contributed by atoms with Gasteiger partial charge in [0.2, 0.25) is 0 Å². The first kappa shape index (κ1) is 19.5. The summed E-state index contributed by atoms with van der Waals surface area (Å²) >= 11 is 11.9. The number of ether oxygens (including phenoxy) is 1. The van der Waals surface area contributed by atoms with Gasteiger partial charge in [0.15, 0.2) is 9.84 Å². The molecular formula is C16H21Cl2NO4S. The molecule has 134 valence electrons. The van der Waals surface area contributed by atoms with Gasteiger partial charge in [0.25, 0.3) is 0 Å². The number of nitrogens with zero attached hydrogens (tertiary/aromatic N) is 1. The molecule has 24 heavy (non-hydrogen) atoms.